The minimum atomic E-state index is -0.745. The molecule has 0 aromatic heterocycles. The minimum Gasteiger partial charge on any atom is -0.394 e. The number of hydrogen-bond acceptors (Lipinski definition) is 4. The normalized spacial score (nSPS) is 20.2. The van der Waals surface area contributed by atoms with E-state index in [0.29, 0.717) is 11.3 Å². The molecule has 4 N–H and O–H groups in total. The Bertz CT molecular complexity index is 937. The molecule has 3 atom stereocenters. The highest BCUT2D eigenvalue weighted by Gasteiger charge is 2.29. The number of aliphatic hydroxyl groups excluding tert-OH is 1. The number of benzene rings is 2. The molecule has 7 nitrogen and oxygen atoms in total. The summed E-state index contributed by atoms with van der Waals surface area (Å²) in [4.78, 5) is 24.3. The molecule has 1 aliphatic rings. The third-order valence-corrected chi connectivity index (χ3v) is 4.63. The molecule has 2 aromatic rings. The smallest absolute Gasteiger partial charge is 0.319 e. The van der Waals surface area contributed by atoms with Crippen molar-refractivity contribution in [3.05, 3.63) is 77.9 Å². The number of hydrogen-bond donors (Lipinski definition) is 4. The standard InChI is InChI=1S/C22H23F2N3O4/c23-15-4-6-17(7-5-15)26-22(30)27-19-9-8-18(31-20(19)13-28)11-21(29)25-12-14-2-1-3-16(24)10-14/h1-10,18-20,28H,11-13H2,(H,25,29)(H2,26,27,30)/t18-,19+,20+/m0/s1. The average Bonchev–Trinajstić information content (AvgIpc) is 2.75. The SMILES string of the molecule is O=C(C[C@@H]1C=C[C@@H](NC(=O)Nc2ccc(F)cc2)[C@@H](CO)O1)NCc1cccc(F)c1. The summed E-state index contributed by atoms with van der Waals surface area (Å²) in [5, 5.41) is 17.5. The Morgan fingerprint density at radius 2 is 1.81 bits per heavy atom. The first kappa shape index (κ1) is 22.4. The van der Waals surface area contributed by atoms with Crippen molar-refractivity contribution in [2.45, 2.75) is 31.2 Å². The van der Waals surface area contributed by atoms with Crippen molar-refractivity contribution in [3.8, 4) is 0 Å². The lowest BCUT2D eigenvalue weighted by Gasteiger charge is -2.31. The van der Waals surface area contributed by atoms with Gasteiger partial charge in [0, 0.05) is 12.2 Å². The molecular weight excluding hydrogens is 408 g/mol. The van der Waals surface area contributed by atoms with Crippen LogP contribution in [-0.2, 0) is 16.1 Å². The Kier molecular flexibility index (Phi) is 7.69. The molecule has 9 heteroatoms. The monoisotopic (exact) mass is 431 g/mol. The molecule has 0 fully saturated rings. The fourth-order valence-corrected chi connectivity index (χ4v) is 3.09. The molecule has 0 saturated carbocycles. The second kappa shape index (κ2) is 10.6. The molecule has 164 valence electrons. The number of carbonyl (C=O) groups is 2. The number of urea groups is 1. The van der Waals surface area contributed by atoms with Gasteiger partial charge in [-0.05, 0) is 42.0 Å². The maximum atomic E-state index is 13.2. The summed E-state index contributed by atoms with van der Waals surface area (Å²) in [5.41, 5.74) is 1.05. The van der Waals surface area contributed by atoms with Gasteiger partial charge < -0.3 is 25.8 Å². The fourth-order valence-electron chi connectivity index (χ4n) is 3.09. The van der Waals surface area contributed by atoms with E-state index in [2.05, 4.69) is 16.0 Å². The highest BCUT2D eigenvalue weighted by molar-refractivity contribution is 5.89. The van der Waals surface area contributed by atoms with Crippen molar-refractivity contribution in [3.63, 3.8) is 0 Å². The number of rotatable bonds is 7. The zero-order valence-corrected chi connectivity index (χ0v) is 16.6. The van der Waals surface area contributed by atoms with E-state index in [1.165, 1.54) is 36.4 Å². The van der Waals surface area contributed by atoms with Crippen LogP contribution in [0.1, 0.15) is 12.0 Å². The van der Waals surface area contributed by atoms with Crippen LogP contribution in [0.15, 0.2) is 60.7 Å². The second-order valence-corrected chi connectivity index (χ2v) is 7.02. The van der Waals surface area contributed by atoms with E-state index < -0.39 is 30.1 Å². The van der Waals surface area contributed by atoms with Crippen LogP contribution in [0.2, 0.25) is 0 Å². The van der Waals surface area contributed by atoms with Crippen molar-refractivity contribution < 1.29 is 28.2 Å². The lowest BCUT2D eigenvalue weighted by atomic mass is 10.0. The summed E-state index contributed by atoms with van der Waals surface area (Å²) < 4.78 is 31.9. The minimum absolute atomic E-state index is 0.0107. The van der Waals surface area contributed by atoms with Gasteiger partial charge in [0.15, 0.2) is 0 Å². The third kappa shape index (κ3) is 6.87. The predicted octanol–water partition coefficient (Wildman–Crippen LogP) is 2.48. The van der Waals surface area contributed by atoms with Gasteiger partial charge in [0.1, 0.15) is 17.7 Å². The zero-order chi connectivity index (χ0) is 22.2. The van der Waals surface area contributed by atoms with Crippen LogP contribution >= 0.6 is 0 Å². The van der Waals surface area contributed by atoms with E-state index in [0.717, 1.165) is 0 Å². The van der Waals surface area contributed by atoms with Crippen LogP contribution in [0.4, 0.5) is 19.3 Å². The van der Waals surface area contributed by atoms with Gasteiger partial charge in [-0.2, -0.15) is 0 Å². The van der Waals surface area contributed by atoms with E-state index in [1.807, 2.05) is 0 Å². The van der Waals surface area contributed by atoms with Gasteiger partial charge >= 0.3 is 6.03 Å². The van der Waals surface area contributed by atoms with Gasteiger partial charge in [-0.15, -0.1) is 0 Å². The van der Waals surface area contributed by atoms with Crippen LogP contribution in [0.25, 0.3) is 0 Å². The number of anilines is 1. The summed E-state index contributed by atoms with van der Waals surface area (Å²) in [7, 11) is 0. The molecule has 0 radical (unpaired) electrons. The Morgan fingerprint density at radius 1 is 1.03 bits per heavy atom. The summed E-state index contributed by atoms with van der Waals surface area (Å²) in [6, 6.07) is 10.1. The highest BCUT2D eigenvalue weighted by Crippen LogP contribution is 2.16. The molecular formula is C22H23F2N3O4. The molecule has 0 spiro atoms. The summed E-state index contributed by atoms with van der Waals surface area (Å²) >= 11 is 0. The third-order valence-electron chi connectivity index (χ3n) is 4.63. The van der Waals surface area contributed by atoms with Gasteiger partial charge in [0.05, 0.1) is 25.2 Å². The average molecular weight is 431 g/mol. The molecule has 0 aliphatic carbocycles. The van der Waals surface area contributed by atoms with Gasteiger partial charge in [0.2, 0.25) is 5.91 Å². The Balaban J connectivity index is 1.49. The number of aliphatic hydroxyl groups is 1. The fraction of sp³-hybridized carbons (Fsp3) is 0.273. The molecule has 31 heavy (non-hydrogen) atoms. The van der Waals surface area contributed by atoms with E-state index in [9.17, 15) is 23.5 Å². The number of nitrogens with one attached hydrogen (secondary N) is 3. The first-order chi connectivity index (χ1) is 14.9. The summed E-state index contributed by atoms with van der Waals surface area (Å²) in [6.45, 7) is -0.183. The highest BCUT2D eigenvalue weighted by atomic mass is 19.1. The number of halogens is 2. The summed E-state index contributed by atoms with van der Waals surface area (Å²) in [6.07, 6.45) is 1.97. The largest absolute Gasteiger partial charge is 0.394 e. The van der Waals surface area contributed by atoms with Crippen molar-refractivity contribution >= 4 is 17.6 Å². The van der Waals surface area contributed by atoms with Crippen molar-refractivity contribution in [2.75, 3.05) is 11.9 Å². The quantitative estimate of drug-likeness (QED) is 0.506. The van der Waals surface area contributed by atoms with Crippen LogP contribution < -0.4 is 16.0 Å². The van der Waals surface area contributed by atoms with Crippen molar-refractivity contribution in [1.29, 1.82) is 0 Å². The van der Waals surface area contributed by atoms with Crippen LogP contribution in [-0.4, -0.2) is 41.9 Å². The Labute approximate surface area is 178 Å². The van der Waals surface area contributed by atoms with Gasteiger partial charge in [0.25, 0.3) is 0 Å². The second-order valence-electron chi connectivity index (χ2n) is 7.02. The molecule has 3 rings (SSSR count). The number of ether oxygens (including phenoxy) is 1. The molecule has 3 amide bonds. The topological polar surface area (TPSA) is 99.7 Å². The zero-order valence-electron chi connectivity index (χ0n) is 16.6. The Hall–Kier alpha value is -3.30. The molecule has 1 aliphatic heterocycles. The first-order valence-electron chi connectivity index (χ1n) is 9.72. The lowest BCUT2D eigenvalue weighted by Crippen LogP contribution is -2.50. The maximum absolute atomic E-state index is 13.2. The van der Waals surface area contributed by atoms with E-state index in [-0.39, 0.29) is 31.3 Å². The number of carbonyl (C=O) groups excluding carboxylic acids is 2. The van der Waals surface area contributed by atoms with Gasteiger partial charge in [-0.25, -0.2) is 13.6 Å². The molecule has 1 heterocycles. The summed E-state index contributed by atoms with van der Waals surface area (Å²) in [5.74, 6) is -1.09. The van der Waals surface area contributed by atoms with Gasteiger partial charge in [-0.1, -0.05) is 24.3 Å². The first-order valence-corrected chi connectivity index (χ1v) is 9.72. The maximum Gasteiger partial charge on any atom is 0.319 e. The lowest BCUT2D eigenvalue weighted by molar-refractivity contribution is -0.125. The van der Waals surface area contributed by atoms with Crippen molar-refractivity contribution in [2.24, 2.45) is 0 Å². The Morgan fingerprint density at radius 3 is 2.52 bits per heavy atom. The van der Waals surface area contributed by atoms with Gasteiger partial charge in [-0.3, -0.25) is 4.79 Å². The molecule has 0 bridgehead atoms. The van der Waals surface area contributed by atoms with Crippen LogP contribution in [0.3, 0.4) is 0 Å². The van der Waals surface area contributed by atoms with Crippen molar-refractivity contribution in [1.82, 2.24) is 10.6 Å². The number of amides is 3. The van der Waals surface area contributed by atoms with Crippen LogP contribution in [0.5, 0.6) is 0 Å². The van der Waals surface area contributed by atoms with E-state index >= 15 is 0 Å². The molecule has 0 unspecified atom stereocenters. The molecule has 0 saturated heterocycles. The van der Waals surface area contributed by atoms with Crippen LogP contribution in [0, 0.1) is 11.6 Å². The van der Waals surface area contributed by atoms with E-state index in [4.69, 9.17) is 4.74 Å². The molecule has 2 aromatic carbocycles. The van der Waals surface area contributed by atoms with E-state index in [1.54, 1.807) is 24.3 Å². The predicted molar refractivity (Wildman–Crippen MR) is 110 cm³/mol.